The highest BCUT2D eigenvalue weighted by atomic mass is 16.4. The first-order valence-corrected chi connectivity index (χ1v) is 8.72. The van der Waals surface area contributed by atoms with Gasteiger partial charge in [0, 0.05) is 0 Å². The summed E-state index contributed by atoms with van der Waals surface area (Å²) < 4.78 is 11.8. The molecule has 5 nitrogen and oxygen atoms in total. The SMILES string of the molecule is Cc1ccc2oc(-c3cccc(-c4nc5cc(C)ccc5o4)c3N)nc2c1. The van der Waals surface area contributed by atoms with Gasteiger partial charge in [-0.25, -0.2) is 9.97 Å². The zero-order chi connectivity index (χ0) is 18.5. The minimum Gasteiger partial charge on any atom is -0.436 e. The molecular weight excluding hydrogens is 338 g/mol. The average molecular weight is 355 g/mol. The van der Waals surface area contributed by atoms with Crippen molar-refractivity contribution in [3.8, 4) is 22.9 Å². The third-order valence-corrected chi connectivity index (χ3v) is 4.65. The zero-order valence-electron chi connectivity index (χ0n) is 15.0. The Bertz CT molecular complexity index is 1220. The number of oxazole rings is 2. The van der Waals surface area contributed by atoms with Gasteiger partial charge in [0.15, 0.2) is 11.2 Å². The van der Waals surface area contributed by atoms with E-state index in [1.807, 2.05) is 68.4 Å². The van der Waals surface area contributed by atoms with Gasteiger partial charge in [0.05, 0.1) is 16.8 Å². The summed E-state index contributed by atoms with van der Waals surface area (Å²) in [6.45, 7) is 4.05. The van der Waals surface area contributed by atoms with Crippen molar-refractivity contribution in [2.24, 2.45) is 0 Å². The summed E-state index contributed by atoms with van der Waals surface area (Å²) in [5.74, 6) is 0.976. The molecule has 2 heterocycles. The van der Waals surface area contributed by atoms with E-state index in [9.17, 15) is 0 Å². The first kappa shape index (κ1) is 15.6. The molecule has 0 aliphatic rings. The molecule has 27 heavy (non-hydrogen) atoms. The summed E-state index contributed by atoms with van der Waals surface area (Å²) in [7, 11) is 0. The van der Waals surface area contributed by atoms with Gasteiger partial charge in [-0.1, -0.05) is 18.2 Å². The van der Waals surface area contributed by atoms with Crippen LogP contribution in [0.25, 0.3) is 45.1 Å². The summed E-state index contributed by atoms with van der Waals surface area (Å²) in [6.07, 6.45) is 0. The van der Waals surface area contributed by atoms with Gasteiger partial charge < -0.3 is 14.6 Å². The maximum atomic E-state index is 6.45. The molecule has 0 atom stereocenters. The van der Waals surface area contributed by atoms with E-state index in [0.29, 0.717) is 17.5 Å². The van der Waals surface area contributed by atoms with Crippen LogP contribution in [0.2, 0.25) is 0 Å². The Balaban J connectivity index is 1.66. The van der Waals surface area contributed by atoms with Gasteiger partial charge in [0.1, 0.15) is 11.0 Å². The van der Waals surface area contributed by atoms with E-state index in [-0.39, 0.29) is 0 Å². The zero-order valence-corrected chi connectivity index (χ0v) is 15.0. The number of rotatable bonds is 2. The number of nitrogens with zero attached hydrogens (tertiary/aromatic N) is 2. The molecular formula is C22H17N3O2. The second-order valence-corrected chi connectivity index (χ2v) is 6.75. The van der Waals surface area contributed by atoms with Crippen molar-refractivity contribution in [2.45, 2.75) is 13.8 Å². The molecule has 0 saturated heterocycles. The summed E-state index contributed by atoms with van der Waals surface area (Å²) in [6, 6.07) is 17.5. The van der Waals surface area contributed by atoms with Crippen LogP contribution < -0.4 is 5.73 Å². The average Bonchev–Trinajstić information content (AvgIpc) is 3.24. The van der Waals surface area contributed by atoms with Gasteiger partial charge in [0.2, 0.25) is 11.8 Å². The molecule has 0 unspecified atom stereocenters. The first-order chi connectivity index (χ1) is 13.1. The second-order valence-electron chi connectivity index (χ2n) is 6.75. The van der Waals surface area contributed by atoms with Crippen LogP contribution in [-0.2, 0) is 0 Å². The summed E-state index contributed by atoms with van der Waals surface area (Å²) in [5, 5.41) is 0. The van der Waals surface area contributed by atoms with Crippen LogP contribution in [0.1, 0.15) is 11.1 Å². The fourth-order valence-corrected chi connectivity index (χ4v) is 3.24. The van der Waals surface area contributed by atoms with Crippen LogP contribution in [-0.4, -0.2) is 9.97 Å². The van der Waals surface area contributed by atoms with Crippen LogP contribution in [0.15, 0.2) is 63.4 Å². The predicted octanol–water partition coefficient (Wildman–Crippen LogP) is 5.50. The van der Waals surface area contributed by atoms with Gasteiger partial charge in [-0.2, -0.15) is 0 Å². The molecule has 0 aliphatic heterocycles. The lowest BCUT2D eigenvalue weighted by atomic mass is 10.1. The van der Waals surface area contributed by atoms with Crippen LogP contribution >= 0.6 is 0 Å². The summed E-state index contributed by atoms with van der Waals surface area (Å²) >= 11 is 0. The molecule has 0 bridgehead atoms. The number of fused-ring (bicyclic) bond motifs is 2. The van der Waals surface area contributed by atoms with E-state index in [2.05, 4.69) is 9.97 Å². The third-order valence-electron chi connectivity index (χ3n) is 4.65. The number of nitrogens with two attached hydrogens (primary N) is 1. The number of hydrogen-bond acceptors (Lipinski definition) is 5. The van der Waals surface area contributed by atoms with Crippen molar-refractivity contribution < 1.29 is 8.83 Å². The minimum absolute atomic E-state index is 0.488. The molecule has 5 rings (SSSR count). The quantitative estimate of drug-likeness (QED) is 0.423. The van der Waals surface area contributed by atoms with Gasteiger partial charge >= 0.3 is 0 Å². The Hall–Kier alpha value is -3.60. The third kappa shape index (κ3) is 2.56. The molecule has 2 N–H and O–H groups in total. The normalized spacial score (nSPS) is 11.5. The lowest BCUT2D eigenvalue weighted by Crippen LogP contribution is -1.94. The molecule has 0 aliphatic carbocycles. The molecule has 2 aromatic heterocycles. The molecule has 0 spiro atoms. The molecule has 5 aromatic rings. The highest BCUT2D eigenvalue weighted by Gasteiger charge is 2.17. The fourth-order valence-electron chi connectivity index (χ4n) is 3.24. The van der Waals surface area contributed by atoms with E-state index in [1.165, 1.54) is 0 Å². The monoisotopic (exact) mass is 355 g/mol. The second kappa shape index (κ2) is 5.71. The van der Waals surface area contributed by atoms with Crippen molar-refractivity contribution in [1.29, 1.82) is 0 Å². The topological polar surface area (TPSA) is 78.1 Å². The van der Waals surface area contributed by atoms with Crippen molar-refractivity contribution in [1.82, 2.24) is 9.97 Å². The molecule has 5 heteroatoms. The molecule has 0 amide bonds. The van der Waals surface area contributed by atoms with Gasteiger partial charge in [-0.15, -0.1) is 0 Å². The maximum Gasteiger partial charge on any atom is 0.229 e. The van der Waals surface area contributed by atoms with E-state index in [0.717, 1.165) is 44.5 Å². The van der Waals surface area contributed by atoms with Crippen molar-refractivity contribution >= 4 is 27.9 Å². The standard InChI is InChI=1S/C22H17N3O2/c1-12-6-8-18-16(10-12)24-21(26-18)14-4-3-5-15(20(14)23)22-25-17-11-13(2)7-9-19(17)27-22/h3-11H,23H2,1-2H3. The summed E-state index contributed by atoms with van der Waals surface area (Å²) in [5.41, 5.74) is 13.8. The highest BCUT2D eigenvalue weighted by Crippen LogP contribution is 2.36. The Labute approximate surface area is 155 Å². The molecule has 0 radical (unpaired) electrons. The number of nitrogen functional groups attached to an aromatic ring is 1. The van der Waals surface area contributed by atoms with Crippen LogP contribution in [0, 0.1) is 13.8 Å². The fraction of sp³-hybridized carbons (Fsp3) is 0.0909. The van der Waals surface area contributed by atoms with Crippen molar-refractivity contribution in [3.05, 3.63) is 65.7 Å². The van der Waals surface area contributed by atoms with Crippen LogP contribution in [0.4, 0.5) is 5.69 Å². The number of benzene rings is 3. The highest BCUT2D eigenvalue weighted by molar-refractivity contribution is 5.88. The maximum absolute atomic E-state index is 6.45. The molecule has 3 aromatic carbocycles. The largest absolute Gasteiger partial charge is 0.436 e. The van der Waals surface area contributed by atoms with Gasteiger partial charge in [-0.05, 0) is 61.4 Å². The van der Waals surface area contributed by atoms with E-state index < -0.39 is 0 Å². The molecule has 132 valence electrons. The summed E-state index contributed by atoms with van der Waals surface area (Å²) in [4.78, 5) is 9.19. The lowest BCUT2D eigenvalue weighted by Gasteiger charge is -2.05. The Morgan fingerprint density at radius 1 is 0.704 bits per heavy atom. The predicted molar refractivity (Wildman–Crippen MR) is 106 cm³/mol. The Morgan fingerprint density at radius 3 is 1.67 bits per heavy atom. The van der Waals surface area contributed by atoms with Crippen LogP contribution in [0.5, 0.6) is 0 Å². The minimum atomic E-state index is 0.488. The Morgan fingerprint density at radius 2 is 1.19 bits per heavy atom. The number of anilines is 1. The number of hydrogen-bond donors (Lipinski definition) is 1. The van der Waals surface area contributed by atoms with Gasteiger partial charge in [0.25, 0.3) is 0 Å². The molecule has 0 saturated carbocycles. The molecule has 0 fully saturated rings. The first-order valence-electron chi connectivity index (χ1n) is 8.72. The lowest BCUT2D eigenvalue weighted by molar-refractivity contribution is 0.618. The number of para-hydroxylation sites is 1. The number of aryl methyl sites for hydroxylation is 2. The van der Waals surface area contributed by atoms with E-state index in [4.69, 9.17) is 14.6 Å². The Kier molecular flexibility index (Phi) is 3.31. The van der Waals surface area contributed by atoms with Crippen molar-refractivity contribution in [2.75, 3.05) is 5.73 Å². The van der Waals surface area contributed by atoms with E-state index in [1.54, 1.807) is 0 Å². The van der Waals surface area contributed by atoms with E-state index >= 15 is 0 Å². The van der Waals surface area contributed by atoms with Gasteiger partial charge in [-0.3, -0.25) is 0 Å². The van der Waals surface area contributed by atoms with Crippen LogP contribution in [0.3, 0.4) is 0 Å². The smallest absolute Gasteiger partial charge is 0.229 e. The number of aromatic nitrogens is 2. The van der Waals surface area contributed by atoms with Crippen molar-refractivity contribution in [3.63, 3.8) is 0 Å².